The van der Waals surface area contributed by atoms with Crippen molar-refractivity contribution in [2.75, 3.05) is 5.73 Å². The first kappa shape index (κ1) is 23.7. The van der Waals surface area contributed by atoms with Crippen LogP contribution in [0, 0.1) is 17.3 Å². The molecule has 0 amide bonds. The van der Waals surface area contributed by atoms with E-state index in [1.54, 1.807) is 18.3 Å². The molecule has 4 aliphatic rings. The van der Waals surface area contributed by atoms with Crippen LogP contribution in [-0.2, 0) is 0 Å². The molecule has 0 radical (unpaired) electrons. The Balaban J connectivity index is 1.48. The number of allylic oxidation sites excluding steroid dienone is 3. The number of fused-ring (bicyclic) bond motifs is 5. The number of pyridine rings is 1. The van der Waals surface area contributed by atoms with Gasteiger partial charge in [-0.2, -0.15) is 13.2 Å². The van der Waals surface area contributed by atoms with Crippen LogP contribution < -0.4 is 5.73 Å². The number of anilines is 1. The van der Waals surface area contributed by atoms with E-state index >= 15 is 0 Å². The molecule has 0 bridgehead atoms. The number of aromatic nitrogens is 1. The van der Waals surface area contributed by atoms with Crippen molar-refractivity contribution in [2.45, 2.75) is 69.8 Å². The van der Waals surface area contributed by atoms with E-state index in [4.69, 9.17) is 5.73 Å². The Morgan fingerprint density at radius 3 is 2.69 bits per heavy atom. The fraction of sp³-hybridized carbons (Fsp3) is 0.483. The first-order valence-electron chi connectivity index (χ1n) is 12.8. The first-order valence-corrected chi connectivity index (χ1v) is 12.8. The Morgan fingerprint density at radius 2 is 1.92 bits per heavy atom. The summed E-state index contributed by atoms with van der Waals surface area (Å²) in [6, 6.07) is 7.60. The molecule has 190 valence electrons. The third-order valence-electron chi connectivity index (χ3n) is 9.30. The quantitative estimate of drug-likeness (QED) is 0.446. The van der Waals surface area contributed by atoms with Gasteiger partial charge in [0, 0.05) is 28.5 Å². The SMILES string of the molecule is CC12CC(C(F)(F)F)=C3C=C4CC(O)CCC4CC[C@]3(O)C1CC=C2c1ccc2cc(N)ncc2c1. The largest absolute Gasteiger partial charge is 0.413 e. The van der Waals surface area contributed by atoms with E-state index < -0.39 is 28.9 Å². The summed E-state index contributed by atoms with van der Waals surface area (Å²) in [6.45, 7) is 1.89. The Hall–Kier alpha value is -2.64. The van der Waals surface area contributed by atoms with Gasteiger partial charge in [-0.1, -0.05) is 36.8 Å². The molecule has 7 heteroatoms. The van der Waals surface area contributed by atoms with E-state index in [-0.39, 0.29) is 23.8 Å². The normalized spacial score (nSPS) is 34.4. The standard InChI is InChI=1S/C29H31F3N2O2/c1-27-14-24(29(30,31)32)23-12-19-11-21(35)5-4-16(19)8-9-28(23,36)25(27)7-6-22(27)18-3-2-17-13-26(33)34-15-20(17)10-18/h2-3,6,10,12-13,15-16,21,25,35-36H,4-5,7-9,11,14H2,1H3,(H2,33,34)/t16?,21?,25?,27?,28-/m1/s1. The summed E-state index contributed by atoms with van der Waals surface area (Å²) in [4.78, 5) is 4.17. The zero-order valence-electron chi connectivity index (χ0n) is 20.3. The fourth-order valence-corrected chi connectivity index (χ4v) is 7.52. The average molecular weight is 497 g/mol. The van der Waals surface area contributed by atoms with Gasteiger partial charge in [-0.15, -0.1) is 0 Å². The molecule has 5 atom stereocenters. The molecule has 4 aliphatic carbocycles. The Labute approximate surface area is 208 Å². The van der Waals surface area contributed by atoms with Crippen molar-refractivity contribution in [2.24, 2.45) is 17.3 Å². The monoisotopic (exact) mass is 496 g/mol. The minimum absolute atomic E-state index is 0.0388. The molecular formula is C29H31F3N2O2. The molecule has 4 unspecified atom stereocenters. The lowest BCUT2D eigenvalue weighted by atomic mass is 9.56. The summed E-state index contributed by atoms with van der Waals surface area (Å²) in [5.41, 5.74) is 5.35. The fourth-order valence-electron chi connectivity index (χ4n) is 7.52. The predicted molar refractivity (Wildman–Crippen MR) is 134 cm³/mol. The molecule has 1 fully saturated rings. The number of nitrogens with zero attached hydrogens (tertiary/aromatic N) is 1. The van der Waals surface area contributed by atoms with Crippen molar-refractivity contribution in [1.29, 1.82) is 0 Å². The van der Waals surface area contributed by atoms with Crippen LogP contribution >= 0.6 is 0 Å². The third kappa shape index (κ3) is 3.54. The molecule has 0 saturated heterocycles. The van der Waals surface area contributed by atoms with Gasteiger partial charge in [0.15, 0.2) is 0 Å². The lowest BCUT2D eigenvalue weighted by Gasteiger charge is -2.50. The second-order valence-corrected chi connectivity index (χ2v) is 11.4. The number of aliphatic hydroxyl groups excluding tert-OH is 1. The maximum atomic E-state index is 14.6. The van der Waals surface area contributed by atoms with Gasteiger partial charge in [0.2, 0.25) is 0 Å². The third-order valence-corrected chi connectivity index (χ3v) is 9.30. The first-order chi connectivity index (χ1) is 17.0. The topological polar surface area (TPSA) is 79.4 Å². The van der Waals surface area contributed by atoms with Crippen LogP contribution in [0.3, 0.4) is 0 Å². The second-order valence-electron chi connectivity index (χ2n) is 11.4. The number of halogens is 3. The number of nitrogen functional groups attached to an aromatic ring is 1. The molecule has 1 aromatic carbocycles. The highest BCUT2D eigenvalue weighted by Gasteiger charge is 2.60. The molecule has 1 heterocycles. The molecule has 36 heavy (non-hydrogen) atoms. The number of hydrogen-bond donors (Lipinski definition) is 3. The summed E-state index contributed by atoms with van der Waals surface area (Å²) < 4.78 is 43.9. The zero-order chi connectivity index (χ0) is 25.5. The highest BCUT2D eigenvalue weighted by atomic mass is 19.4. The predicted octanol–water partition coefficient (Wildman–Crippen LogP) is 6.10. The smallest absolute Gasteiger partial charge is 0.393 e. The van der Waals surface area contributed by atoms with Crippen molar-refractivity contribution in [3.8, 4) is 0 Å². The number of rotatable bonds is 1. The second kappa shape index (κ2) is 7.93. The van der Waals surface area contributed by atoms with E-state index in [0.717, 1.165) is 33.9 Å². The minimum Gasteiger partial charge on any atom is -0.393 e. The van der Waals surface area contributed by atoms with Crippen LogP contribution in [0.15, 0.2) is 59.3 Å². The van der Waals surface area contributed by atoms with Gasteiger partial charge in [0.1, 0.15) is 5.82 Å². The van der Waals surface area contributed by atoms with Crippen molar-refractivity contribution >= 4 is 22.2 Å². The molecular weight excluding hydrogens is 465 g/mol. The van der Waals surface area contributed by atoms with Crippen molar-refractivity contribution in [1.82, 2.24) is 4.98 Å². The molecule has 1 aromatic heterocycles. The highest BCUT2D eigenvalue weighted by Crippen LogP contribution is 2.64. The van der Waals surface area contributed by atoms with Crippen molar-refractivity contribution in [3.63, 3.8) is 0 Å². The van der Waals surface area contributed by atoms with E-state index in [1.165, 1.54) is 0 Å². The van der Waals surface area contributed by atoms with E-state index in [2.05, 4.69) is 4.98 Å². The average Bonchev–Trinajstić information content (AvgIpc) is 3.09. The molecule has 2 aromatic rings. The molecule has 1 saturated carbocycles. The number of aliphatic hydroxyl groups is 2. The van der Waals surface area contributed by atoms with Gasteiger partial charge in [-0.25, -0.2) is 4.98 Å². The van der Waals surface area contributed by atoms with Crippen LogP contribution in [0.2, 0.25) is 0 Å². The number of hydrogen-bond acceptors (Lipinski definition) is 4. The maximum Gasteiger partial charge on any atom is 0.413 e. The highest BCUT2D eigenvalue weighted by molar-refractivity contribution is 5.88. The van der Waals surface area contributed by atoms with Crippen LogP contribution in [0.4, 0.5) is 19.0 Å². The van der Waals surface area contributed by atoms with Crippen molar-refractivity contribution in [3.05, 3.63) is 64.9 Å². The molecule has 0 spiro atoms. The van der Waals surface area contributed by atoms with E-state index in [9.17, 15) is 23.4 Å². The zero-order valence-corrected chi connectivity index (χ0v) is 20.3. The molecule has 0 aliphatic heterocycles. The van der Waals surface area contributed by atoms with Crippen molar-refractivity contribution < 1.29 is 23.4 Å². The minimum atomic E-state index is -4.56. The summed E-state index contributed by atoms with van der Waals surface area (Å²) in [6.07, 6.45) is 3.30. The van der Waals surface area contributed by atoms with Gasteiger partial charge in [0.05, 0.1) is 11.7 Å². The lowest BCUT2D eigenvalue weighted by Crippen LogP contribution is -2.51. The lowest BCUT2D eigenvalue weighted by molar-refractivity contribution is -0.113. The number of nitrogens with two attached hydrogens (primary N) is 1. The molecule has 4 nitrogen and oxygen atoms in total. The molecule has 6 rings (SSSR count). The van der Waals surface area contributed by atoms with Crippen LogP contribution in [0.25, 0.3) is 16.3 Å². The van der Waals surface area contributed by atoms with E-state index in [1.807, 2.05) is 31.2 Å². The summed E-state index contributed by atoms with van der Waals surface area (Å²) in [5, 5.41) is 24.2. The number of benzene rings is 1. The summed E-state index contributed by atoms with van der Waals surface area (Å²) in [7, 11) is 0. The van der Waals surface area contributed by atoms with Gasteiger partial charge in [0.25, 0.3) is 0 Å². The Bertz CT molecular complexity index is 1340. The van der Waals surface area contributed by atoms with Crippen LogP contribution in [0.5, 0.6) is 0 Å². The van der Waals surface area contributed by atoms with Gasteiger partial charge < -0.3 is 15.9 Å². The Kier molecular flexibility index (Phi) is 5.23. The maximum absolute atomic E-state index is 14.6. The van der Waals surface area contributed by atoms with Gasteiger partial charge >= 0.3 is 6.18 Å². The number of alkyl halides is 3. The summed E-state index contributed by atoms with van der Waals surface area (Å²) >= 11 is 0. The van der Waals surface area contributed by atoms with Gasteiger partial charge in [-0.05, 0) is 85.1 Å². The van der Waals surface area contributed by atoms with E-state index in [0.29, 0.717) is 37.9 Å². The molecule has 4 N–H and O–H groups in total. The summed E-state index contributed by atoms with van der Waals surface area (Å²) in [5.74, 6) is 0.175. The van der Waals surface area contributed by atoms with Crippen LogP contribution in [-0.4, -0.2) is 33.1 Å². The van der Waals surface area contributed by atoms with Crippen LogP contribution in [0.1, 0.15) is 57.4 Å². The van der Waals surface area contributed by atoms with Gasteiger partial charge in [-0.3, -0.25) is 0 Å². The Morgan fingerprint density at radius 1 is 1.11 bits per heavy atom.